The molecule has 1 aliphatic rings. The molecule has 0 saturated carbocycles. The lowest BCUT2D eigenvalue weighted by Crippen LogP contribution is -2.21. The van der Waals surface area contributed by atoms with Gasteiger partial charge in [-0.25, -0.2) is 0 Å². The molecule has 0 bridgehead atoms. The van der Waals surface area contributed by atoms with Gasteiger partial charge < -0.3 is 5.32 Å². The van der Waals surface area contributed by atoms with Gasteiger partial charge in [-0.2, -0.15) is 0 Å². The number of hydrogen-bond donors (Lipinski definition) is 1. The Morgan fingerprint density at radius 1 is 1.33 bits per heavy atom. The summed E-state index contributed by atoms with van der Waals surface area (Å²) in [6.45, 7) is 1.21. The lowest BCUT2D eigenvalue weighted by atomic mass is 10.0. The van der Waals surface area contributed by atoms with E-state index in [0.29, 0.717) is 0 Å². The van der Waals surface area contributed by atoms with Crippen LogP contribution in [0.25, 0.3) is 0 Å². The number of rotatable bonds is 4. The molecule has 0 radical (unpaired) electrons. The number of aryl methyl sites for hydroxylation is 1. The second-order valence-electron chi connectivity index (χ2n) is 4.28. The van der Waals surface area contributed by atoms with Crippen LogP contribution >= 0.6 is 11.6 Å². The van der Waals surface area contributed by atoms with E-state index in [4.69, 9.17) is 11.6 Å². The topological polar surface area (TPSA) is 12.0 Å². The Morgan fingerprint density at radius 2 is 2.20 bits per heavy atom. The summed E-state index contributed by atoms with van der Waals surface area (Å²) in [6.07, 6.45) is 6.32. The molecule has 1 heterocycles. The predicted octanol–water partition coefficient (Wildman–Crippen LogP) is 3.41. The molecule has 1 atom stereocenters. The van der Waals surface area contributed by atoms with Gasteiger partial charge in [0.2, 0.25) is 0 Å². The molecule has 0 spiro atoms. The van der Waals surface area contributed by atoms with Crippen molar-refractivity contribution in [2.75, 3.05) is 6.54 Å². The van der Waals surface area contributed by atoms with Crippen LogP contribution in [0, 0.1) is 0 Å². The predicted molar refractivity (Wildman–Crippen MR) is 65.4 cm³/mol. The number of nitrogens with one attached hydrogen (secondary N) is 1. The van der Waals surface area contributed by atoms with Crippen LogP contribution in [0.4, 0.5) is 0 Å². The summed E-state index contributed by atoms with van der Waals surface area (Å²) in [7, 11) is 0. The van der Waals surface area contributed by atoms with Gasteiger partial charge in [-0.3, -0.25) is 0 Å². The number of benzene rings is 1. The third-order valence-corrected chi connectivity index (χ3v) is 3.49. The van der Waals surface area contributed by atoms with Gasteiger partial charge in [-0.15, -0.1) is 0 Å². The first-order valence-corrected chi connectivity index (χ1v) is 6.21. The summed E-state index contributed by atoms with van der Waals surface area (Å²) in [5.74, 6) is 0. The molecular formula is C13H18ClN. The van der Waals surface area contributed by atoms with E-state index in [9.17, 15) is 0 Å². The van der Waals surface area contributed by atoms with Crippen LogP contribution in [0.1, 0.15) is 31.2 Å². The van der Waals surface area contributed by atoms with Crippen molar-refractivity contribution in [3.05, 3.63) is 34.9 Å². The SMILES string of the molecule is Clc1ccccc1CCCC1CCCN1. The highest BCUT2D eigenvalue weighted by molar-refractivity contribution is 6.31. The zero-order chi connectivity index (χ0) is 10.5. The quantitative estimate of drug-likeness (QED) is 0.825. The molecule has 0 amide bonds. The third-order valence-electron chi connectivity index (χ3n) is 3.12. The Kier molecular flexibility index (Phi) is 4.04. The van der Waals surface area contributed by atoms with E-state index < -0.39 is 0 Å². The first-order chi connectivity index (χ1) is 7.36. The molecule has 1 fully saturated rings. The minimum absolute atomic E-state index is 0.757. The lowest BCUT2D eigenvalue weighted by molar-refractivity contribution is 0.536. The van der Waals surface area contributed by atoms with Crippen molar-refractivity contribution in [2.24, 2.45) is 0 Å². The van der Waals surface area contributed by atoms with E-state index in [-0.39, 0.29) is 0 Å². The van der Waals surface area contributed by atoms with Gasteiger partial charge in [0.15, 0.2) is 0 Å². The van der Waals surface area contributed by atoms with Gasteiger partial charge in [-0.05, 0) is 50.3 Å². The smallest absolute Gasteiger partial charge is 0.0437 e. The highest BCUT2D eigenvalue weighted by Crippen LogP contribution is 2.19. The summed E-state index contributed by atoms with van der Waals surface area (Å²) in [6, 6.07) is 8.92. The van der Waals surface area contributed by atoms with Gasteiger partial charge in [0.1, 0.15) is 0 Å². The Hall–Kier alpha value is -0.530. The first kappa shape index (κ1) is 11.0. The highest BCUT2D eigenvalue weighted by atomic mass is 35.5. The molecule has 2 heteroatoms. The molecule has 2 rings (SSSR count). The van der Waals surface area contributed by atoms with Crippen LogP contribution in [0.15, 0.2) is 24.3 Å². The molecule has 0 aromatic heterocycles. The fourth-order valence-corrected chi connectivity index (χ4v) is 2.47. The van der Waals surface area contributed by atoms with Crippen molar-refractivity contribution >= 4 is 11.6 Å². The first-order valence-electron chi connectivity index (χ1n) is 5.83. The molecule has 1 unspecified atom stereocenters. The van der Waals surface area contributed by atoms with Crippen LogP contribution in [0.5, 0.6) is 0 Å². The summed E-state index contributed by atoms with van der Waals surface area (Å²) in [4.78, 5) is 0. The largest absolute Gasteiger partial charge is 0.314 e. The molecular weight excluding hydrogens is 206 g/mol. The molecule has 82 valence electrons. The second-order valence-corrected chi connectivity index (χ2v) is 4.68. The van der Waals surface area contributed by atoms with E-state index in [1.165, 1.54) is 37.8 Å². The van der Waals surface area contributed by atoms with Gasteiger partial charge in [0, 0.05) is 11.1 Å². The van der Waals surface area contributed by atoms with Crippen LogP contribution in [0.2, 0.25) is 5.02 Å². The Balaban J connectivity index is 1.75. The fourth-order valence-electron chi connectivity index (χ4n) is 2.24. The molecule has 1 saturated heterocycles. The molecule has 0 aliphatic carbocycles. The van der Waals surface area contributed by atoms with Crippen molar-refractivity contribution < 1.29 is 0 Å². The summed E-state index contributed by atoms with van der Waals surface area (Å²) in [5, 5.41) is 4.44. The average molecular weight is 224 g/mol. The van der Waals surface area contributed by atoms with Gasteiger partial charge >= 0.3 is 0 Å². The van der Waals surface area contributed by atoms with Crippen molar-refractivity contribution in [2.45, 2.75) is 38.1 Å². The maximum Gasteiger partial charge on any atom is 0.0437 e. The minimum atomic E-state index is 0.757. The molecule has 1 aromatic rings. The normalized spacial score (nSPS) is 20.7. The monoisotopic (exact) mass is 223 g/mol. The third kappa shape index (κ3) is 3.22. The summed E-state index contributed by atoms with van der Waals surface area (Å²) < 4.78 is 0. The standard InChI is InChI=1S/C13H18ClN/c14-13-9-2-1-5-11(13)6-3-7-12-8-4-10-15-12/h1-2,5,9,12,15H,3-4,6-8,10H2. The Morgan fingerprint density at radius 3 is 2.93 bits per heavy atom. The number of halogens is 1. The van der Waals surface area contributed by atoms with Crippen molar-refractivity contribution in [1.82, 2.24) is 5.32 Å². The zero-order valence-corrected chi connectivity index (χ0v) is 9.76. The Labute approximate surface area is 96.8 Å². The van der Waals surface area contributed by atoms with Crippen LogP contribution in [0.3, 0.4) is 0 Å². The van der Waals surface area contributed by atoms with Crippen LogP contribution < -0.4 is 5.32 Å². The number of hydrogen-bond acceptors (Lipinski definition) is 1. The van der Waals surface area contributed by atoms with E-state index in [2.05, 4.69) is 17.4 Å². The molecule has 1 aliphatic heterocycles. The summed E-state index contributed by atoms with van der Waals surface area (Å²) in [5.41, 5.74) is 1.29. The van der Waals surface area contributed by atoms with E-state index in [1.54, 1.807) is 0 Å². The van der Waals surface area contributed by atoms with Crippen LogP contribution in [-0.4, -0.2) is 12.6 Å². The maximum atomic E-state index is 6.10. The van der Waals surface area contributed by atoms with E-state index in [1.807, 2.05) is 12.1 Å². The van der Waals surface area contributed by atoms with Crippen molar-refractivity contribution in [1.29, 1.82) is 0 Å². The van der Waals surface area contributed by atoms with Crippen molar-refractivity contribution in [3.8, 4) is 0 Å². The van der Waals surface area contributed by atoms with Crippen LogP contribution in [-0.2, 0) is 6.42 Å². The average Bonchev–Trinajstić information content (AvgIpc) is 2.74. The molecule has 1 aromatic carbocycles. The molecule has 1 N–H and O–H groups in total. The highest BCUT2D eigenvalue weighted by Gasteiger charge is 2.13. The molecule has 15 heavy (non-hydrogen) atoms. The van der Waals surface area contributed by atoms with Gasteiger partial charge in [0.25, 0.3) is 0 Å². The van der Waals surface area contributed by atoms with E-state index in [0.717, 1.165) is 17.5 Å². The van der Waals surface area contributed by atoms with Gasteiger partial charge in [-0.1, -0.05) is 29.8 Å². The van der Waals surface area contributed by atoms with Crippen molar-refractivity contribution in [3.63, 3.8) is 0 Å². The second kappa shape index (κ2) is 5.53. The zero-order valence-electron chi connectivity index (χ0n) is 9.01. The fraction of sp³-hybridized carbons (Fsp3) is 0.538. The lowest BCUT2D eigenvalue weighted by Gasteiger charge is -2.09. The summed E-state index contributed by atoms with van der Waals surface area (Å²) >= 11 is 6.10. The Bertz CT molecular complexity index is 305. The minimum Gasteiger partial charge on any atom is -0.314 e. The van der Waals surface area contributed by atoms with E-state index >= 15 is 0 Å². The molecule has 1 nitrogen and oxygen atoms in total. The van der Waals surface area contributed by atoms with Gasteiger partial charge in [0.05, 0.1) is 0 Å². The maximum absolute atomic E-state index is 6.10.